The average molecular weight is 347 g/mol. The van der Waals surface area contributed by atoms with Gasteiger partial charge in [0.1, 0.15) is 0 Å². The van der Waals surface area contributed by atoms with Crippen LogP contribution in [0.5, 0.6) is 0 Å². The lowest BCUT2D eigenvalue weighted by Crippen LogP contribution is -2.42. The molecule has 0 aromatic heterocycles. The van der Waals surface area contributed by atoms with Crippen LogP contribution in [0.3, 0.4) is 0 Å². The molecule has 1 aliphatic carbocycles. The fourth-order valence-corrected chi connectivity index (χ4v) is 2.73. The van der Waals surface area contributed by atoms with Crippen molar-refractivity contribution in [3.8, 4) is 0 Å². The molecule has 0 heterocycles. The highest BCUT2D eigenvalue weighted by molar-refractivity contribution is 9.11. The number of amides is 3. The second kappa shape index (κ2) is 7.42. The van der Waals surface area contributed by atoms with E-state index in [1.54, 1.807) is 0 Å². The van der Waals surface area contributed by atoms with Crippen molar-refractivity contribution in [3.05, 3.63) is 11.1 Å². The van der Waals surface area contributed by atoms with Gasteiger partial charge in [0.2, 0.25) is 5.91 Å². The number of imide groups is 1. The maximum Gasteiger partial charge on any atom is 0.321 e. The van der Waals surface area contributed by atoms with Crippen LogP contribution in [0.2, 0.25) is 0 Å². The maximum absolute atomic E-state index is 11.8. The van der Waals surface area contributed by atoms with E-state index >= 15 is 0 Å². The maximum atomic E-state index is 11.8. The third-order valence-electron chi connectivity index (χ3n) is 3.42. The Morgan fingerprint density at radius 2 is 1.80 bits per heavy atom. The number of carboxylic acids is 1. The third-order valence-corrected chi connectivity index (χ3v) is 3.70. The Bertz CT molecular complexity index is 417. The molecule has 0 bridgehead atoms. The first-order valence-electron chi connectivity index (χ1n) is 6.46. The molecule has 0 radical (unpaired) electrons. The van der Waals surface area contributed by atoms with Gasteiger partial charge in [-0.2, -0.15) is 0 Å². The number of rotatable bonds is 6. The van der Waals surface area contributed by atoms with Crippen LogP contribution in [0, 0.1) is 5.41 Å². The summed E-state index contributed by atoms with van der Waals surface area (Å²) in [5.41, 5.74) is -0.505. The molecular formula is C13H19BrN2O4. The molecule has 0 atom stereocenters. The van der Waals surface area contributed by atoms with E-state index in [1.165, 1.54) is 0 Å². The number of carboxylic acid groups (broad SMARTS) is 1. The molecule has 1 saturated carbocycles. The van der Waals surface area contributed by atoms with Crippen LogP contribution < -0.4 is 10.6 Å². The predicted octanol–water partition coefficient (Wildman–Crippen LogP) is 2.15. The molecule has 112 valence electrons. The smallest absolute Gasteiger partial charge is 0.321 e. The average Bonchev–Trinajstić information content (AvgIpc) is 2.73. The molecule has 0 aromatic carbocycles. The van der Waals surface area contributed by atoms with Crippen LogP contribution in [0.25, 0.3) is 0 Å². The first kappa shape index (κ1) is 16.7. The second-order valence-electron chi connectivity index (χ2n) is 5.20. The summed E-state index contributed by atoms with van der Waals surface area (Å²) >= 11 is 3.09. The van der Waals surface area contributed by atoms with Crippen LogP contribution in [0.15, 0.2) is 11.1 Å². The van der Waals surface area contributed by atoms with Crippen molar-refractivity contribution >= 4 is 33.8 Å². The fraction of sp³-hybridized carbons (Fsp3) is 0.615. The van der Waals surface area contributed by atoms with Gasteiger partial charge in [-0.1, -0.05) is 35.4 Å². The van der Waals surface area contributed by atoms with Crippen molar-refractivity contribution in [2.45, 2.75) is 38.5 Å². The predicted molar refractivity (Wildman–Crippen MR) is 77.4 cm³/mol. The van der Waals surface area contributed by atoms with Gasteiger partial charge in [0.25, 0.3) is 0 Å². The van der Waals surface area contributed by atoms with E-state index in [0.29, 0.717) is 17.3 Å². The highest BCUT2D eigenvalue weighted by Crippen LogP contribution is 2.43. The van der Waals surface area contributed by atoms with Gasteiger partial charge in [0.05, 0.1) is 13.0 Å². The molecule has 7 heteroatoms. The Kier molecular flexibility index (Phi) is 6.19. The molecule has 0 aromatic rings. The molecule has 0 saturated heterocycles. The van der Waals surface area contributed by atoms with E-state index in [9.17, 15) is 14.4 Å². The van der Waals surface area contributed by atoms with Crippen LogP contribution in [-0.4, -0.2) is 29.6 Å². The molecule has 0 aliphatic heterocycles. The monoisotopic (exact) mass is 346 g/mol. The number of carbonyl (C=O) groups is 3. The van der Waals surface area contributed by atoms with Gasteiger partial charge in [-0.25, -0.2) is 4.79 Å². The Hall–Kier alpha value is -1.37. The van der Waals surface area contributed by atoms with Gasteiger partial charge in [0, 0.05) is 10.9 Å². The lowest BCUT2D eigenvalue weighted by Gasteiger charge is -2.26. The van der Waals surface area contributed by atoms with E-state index in [2.05, 4.69) is 33.1 Å². The van der Waals surface area contributed by atoms with Crippen LogP contribution in [-0.2, 0) is 9.59 Å². The molecule has 0 unspecified atom stereocenters. The number of hydrogen-bond acceptors (Lipinski definition) is 3. The van der Waals surface area contributed by atoms with E-state index in [0.717, 1.165) is 12.8 Å². The van der Waals surface area contributed by atoms with E-state index in [-0.39, 0.29) is 19.4 Å². The Labute approximate surface area is 126 Å². The van der Waals surface area contributed by atoms with Crippen molar-refractivity contribution in [2.24, 2.45) is 5.41 Å². The summed E-state index contributed by atoms with van der Waals surface area (Å²) in [6.45, 7) is 3.78. The summed E-state index contributed by atoms with van der Waals surface area (Å²) in [5.74, 6) is -1.34. The number of carbonyl (C=O) groups excluding carboxylic acids is 2. The Morgan fingerprint density at radius 1 is 1.20 bits per heavy atom. The minimum atomic E-state index is -0.903. The number of nitrogens with one attached hydrogen (secondary N) is 2. The third kappa shape index (κ3) is 5.73. The highest BCUT2D eigenvalue weighted by Gasteiger charge is 2.38. The van der Waals surface area contributed by atoms with Gasteiger partial charge in [-0.3, -0.25) is 14.9 Å². The summed E-state index contributed by atoms with van der Waals surface area (Å²) < 4.78 is 0.596. The summed E-state index contributed by atoms with van der Waals surface area (Å²) in [7, 11) is 0. The minimum absolute atomic E-state index is 0.0275. The largest absolute Gasteiger partial charge is 0.481 e. The van der Waals surface area contributed by atoms with Crippen LogP contribution in [0.4, 0.5) is 4.79 Å². The molecule has 3 amide bonds. The summed E-state index contributed by atoms with van der Waals surface area (Å²) in [6, 6.07) is -0.598. The number of urea groups is 1. The topological polar surface area (TPSA) is 95.5 Å². The normalized spacial score (nSPS) is 16.4. The summed E-state index contributed by atoms with van der Waals surface area (Å²) in [6.07, 6.45) is 3.33. The SMILES string of the molecule is C=C(Br)CNC(=O)NC(=O)CC1(CC(=O)O)CCCC1. The number of aliphatic carboxylic acids is 1. The molecular weight excluding hydrogens is 328 g/mol. The summed E-state index contributed by atoms with van der Waals surface area (Å²) in [4.78, 5) is 34.2. The van der Waals surface area contributed by atoms with Crippen molar-refractivity contribution in [3.63, 3.8) is 0 Å². The lowest BCUT2D eigenvalue weighted by atomic mass is 9.79. The quantitative estimate of drug-likeness (QED) is 0.686. The van der Waals surface area contributed by atoms with Gasteiger partial charge >= 0.3 is 12.0 Å². The molecule has 3 N–H and O–H groups in total. The molecule has 0 spiro atoms. The van der Waals surface area contributed by atoms with E-state index < -0.39 is 23.3 Å². The van der Waals surface area contributed by atoms with Crippen molar-refractivity contribution in [1.82, 2.24) is 10.6 Å². The van der Waals surface area contributed by atoms with E-state index in [4.69, 9.17) is 5.11 Å². The molecule has 20 heavy (non-hydrogen) atoms. The van der Waals surface area contributed by atoms with Gasteiger partial charge in [0.15, 0.2) is 0 Å². The zero-order valence-electron chi connectivity index (χ0n) is 11.2. The van der Waals surface area contributed by atoms with Gasteiger partial charge in [-0.15, -0.1) is 0 Å². The second-order valence-corrected chi connectivity index (χ2v) is 6.32. The van der Waals surface area contributed by atoms with E-state index in [1.807, 2.05) is 0 Å². The number of hydrogen-bond donors (Lipinski definition) is 3. The van der Waals surface area contributed by atoms with Gasteiger partial charge in [-0.05, 0) is 18.3 Å². The minimum Gasteiger partial charge on any atom is -0.481 e. The first-order valence-corrected chi connectivity index (χ1v) is 7.25. The van der Waals surface area contributed by atoms with Crippen molar-refractivity contribution in [1.29, 1.82) is 0 Å². The zero-order chi connectivity index (χ0) is 15.2. The Balaban J connectivity index is 2.48. The van der Waals surface area contributed by atoms with Gasteiger partial charge < -0.3 is 10.4 Å². The fourth-order valence-electron chi connectivity index (χ4n) is 2.59. The molecule has 1 rings (SSSR count). The standard InChI is InChI=1S/C13H19BrN2O4/c1-9(14)8-15-12(20)16-10(17)6-13(7-11(18)19)4-2-3-5-13/h1-8H2,(H,18,19)(H2,15,16,17,20). The number of halogens is 1. The molecule has 1 fully saturated rings. The summed E-state index contributed by atoms with van der Waals surface area (Å²) in [5, 5.41) is 13.6. The molecule has 1 aliphatic rings. The molecule has 6 nitrogen and oxygen atoms in total. The first-order chi connectivity index (χ1) is 9.33. The lowest BCUT2D eigenvalue weighted by molar-refractivity contribution is -0.140. The Morgan fingerprint density at radius 3 is 2.30 bits per heavy atom. The van der Waals surface area contributed by atoms with Crippen molar-refractivity contribution < 1.29 is 19.5 Å². The van der Waals surface area contributed by atoms with Crippen LogP contribution in [0.1, 0.15) is 38.5 Å². The van der Waals surface area contributed by atoms with Crippen LogP contribution >= 0.6 is 15.9 Å². The highest BCUT2D eigenvalue weighted by atomic mass is 79.9. The van der Waals surface area contributed by atoms with Crippen molar-refractivity contribution in [2.75, 3.05) is 6.54 Å². The zero-order valence-corrected chi connectivity index (χ0v) is 12.8.